The van der Waals surface area contributed by atoms with Crippen LogP contribution in [-0.4, -0.2) is 29.6 Å². The second kappa shape index (κ2) is 6.37. The maximum absolute atomic E-state index is 12.2. The molecule has 1 aliphatic rings. The summed E-state index contributed by atoms with van der Waals surface area (Å²) in [5, 5.41) is 11.9. The van der Waals surface area contributed by atoms with E-state index in [1.165, 1.54) is 0 Å². The fourth-order valence-corrected chi connectivity index (χ4v) is 2.73. The van der Waals surface area contributed by atoms with Crippen molar-refractivity contribution in [3.8, 4) is 0 Å². The predicted molar refractivity (Wildman–Crippen MR) is 73.5 cm³/mol. The van der Waals surface area contributed by atoms with Crippen molar-refractivity contribution in [1.29, 1.82) is 0 Å². The first-order chi connectivity index (χ1) is 8.77. The lowest BCUT2D eigenvalue weighted by Gasteiger charge is -2.28. The number of nitrogens with one attached hydrogen (secondary N) is 1. The number of rotatable bonds is 6. The van der Waals surface area contributed by atoms with E-state index in [4.69, 9.17) is 10.8 Å². The number of amides is 1. The van der Waals surface area contributed by atoms with Gasteiger partial charge < -0.3 is 16.2 Å². The summed E-state index contributed by atoms with van der Waals surface area (Å²) in [5.74, 6) is -1.19. The molecule has 0 aliphatic heterocycles. The molecule has 1 rings (SSSR count). The van der Waals surface area contributed by atoms with Crippen LogP contribution in [0.2, 0.25) is 0 Å². The minimum atomic E-state index is -0.852. The van der Waals surface area contributed by atoms with Crippen molar-refractivity contribution in [2.75, 3.05) is 6.54 Å². The number of hydrogen-bond donors (Lipinski definition) is 3. The average Bonchev–Trinajstić information content (AvgIpc) is 2.65. The number of nitrogens with two attached hydrogens (primary N) is 1. The van der Waals surface area contributed by atoms with Crippen LogP contribution in [0.3, 0.4) is 0 Å². The lowest BCUT2D eigenvalue weighted by Crippen LogP contribution is -2.49. The Hall–Kier alpha value is -1.10. The molecule has 0 saturated heterocycles. The Bertz CT molecular complexity index is 344. The van der Waals surface area contributed by atoms with E-state index in [0.717, 1.165) is 19.3 Å². The Kier molecular flexibility index (Phi) is 5.35. The van der Waals surface area contributed by atoms with Crippen LogP contribution in [0.5, 0.6) is 0 Å². The number of carbonyl (C=O) groups excluding carboxylic acids is 1. The highest BCUT2D eigenvalue weighted by molar-refractivity contribution is 5.84. The van der Waals surface area contributed by atoms with E-state index in [1.54, 1.807) is 0 Å². The van der Waals surface area contributed by atoms with Crippen molar-refractivity contribution >= 4 is 11.9 Å². The molecule has 1 aliphatic carbocycles. The lowest BCUT2D eigenvalue weighted by molar-refractivity contribution is -0.142. The van der Waals surface area contributed by atoms with Crippen LogP contribution in [0.15, 0.2) is 0 Å². The summed E-state index contributed by atoms with van der Waals surface area (Å²) in [5.41, 5.74) is 5.44. The smallest absolute Gasteiger partial charge is 0.308 e. The van der Waals surface area contributed by atoms with Gasteiger partial charge in [-0.15, -0.1) is 0 Å². The van der Waals surface area contributed by atoms with Gasteiger partial charge in [-0.2, -0.15) is 0 Å². The van der Waals surface area contributed by atoms with Gasteiger partial charge in [-0.05, 0) is 32.1 Å². The number of hydrogen-bond acceptors (Lipinski definition) is 3. The van der Waals surface area contributed by atoms with Crippen LogP contribution in [0.1, 0.15) is 46.5 Å². The molecule has 4 N–H and O–H groups in total. The van der Waals surface area contributed by atoms with E-state index in [9.17, 15) is 9.59 Å². The maximum Gasteiger partial charge on any atom is 0.308 e. The molecule has 0 bridgehead atoms. The quantitative estimate of drug-likeness (QED) is 0.679. The zero-order chi connectivity index (χ0) is 14.6. The first-order valence-corrected chi connectivity index (χ1v) is 7.04. The number of carboxylic acids is 1. The number of carboxylic acid groups (broad SMARTS) is 1. The summed E-state index contributed by atoms with van der Waals surface area (Å²) in [6.45, 7) is 6.02. The minimum absolute atomic E-state index is 0.104. The summed E-state index contributed by atoms with van der Waals surface area (Å²) in [6.07, 6.45) is 3.16. The SMILES string of the molecule is CC(C)CC(CNC(=O)C1(C)CCCC1N)C(=O)O. The van der Waals surface area contributed by atoms with E-state index in [1.807, 2.05) is 20.8 Å². The van der Waals surface area contributed by atoms with E-state index in [0.29, 0.717) is 12.3 Å². The van der Waals surface area contributed by atoms with E-state index < -0.39 is 17.3 Å². The molecular weight excluding hydrogens is 244 g/mol. The van der Waals surface area contributed by atoms with Crippen LogP contribution in [-0.2, 0) is 9.59 Å². The van der Waals surface area contributed by atoms with E-state index in [-0.39, 0.29) is 18.5 Å². The molecule has 0 aromatic heterocycles. The van der Waals surface area contributed by atoms with Crippen LogP contribution >= 0.6 is 0 Å². The normalized spacial score (nSPS) is 28.4. The summed E-state index contributed by atoms with van der Waals surface area (Å²) in [7, 11) is 0. The Morgan fingerprint density at radius 1 is 1.47 bits per heavy atom. The number of aliphatic carboxylic acids is 1. The molecule has 5 heteroatoms. The van der Waals surface area contributed by atoms with Crippen molar-refractivity contribution in [3.63, 3.8) is 0 Å². The molecular formula is C14H26N2O3. The Morgan fingerprint density at radius 2 is 2.11 bits per heavy atom. The van der Waals surface area contributed by atoms with Gasteiger partial charge in [0.2, 0.25) is 5.91 Å². The number of carbonyl (C=O) groups is 2. The van der Waals surface area contributed by atoms with Crippen LogP contribution < -0.4 is 11.1 Å². The molecule has 19 heavy (non-hydrogen) atoms. The van der Waals surface area contributed by atoms with Crippen molar-refractivity contribution in [1.82, 2.24) is 5.32 Å². The molecule has 0 aromatic rings. The molecule has 3 atom stereocenters. The Labute approximate surface area is 114 Å². The lowest BCUT2D eigenvalue weighted by atomic mass is 9.84. The molecule has 110 valence electrons. The predicted octanol–water partition coefficient (Wildman–Crippen LogP) is 1.37. The molecule has 1 saturated carbocycles. The first-order valence-electron chi connectivity index (χ1n) is 7.04. The highest BCUT2D eigenvalue weighted by Gasteiger charge is 2.43. The topological polar surface area (TPSA) is 92.4 Å². The third-order valence-electron chi connectivity index (χ3n) is 4.16. The molecule has 0 heterocycles. The maximum atomic E-state index is 12.2. The van der Waals surface area contributed by atoms with Gasteiger partial charge in [0.15, 0.2) is 0 Å². The Morgan fingerprint density at radius 3 is 2.53 bits per heavy atom. The fourth-order valence-electron chi connectivity index (χ4n) is 2.73. The van der Waals surface area contributed by atoms with Crippen LogP contribution in [0.25, 0.3) is 0 Å². The van der Waals surface area contributed by atoms with E-state index >= 15 is 0 Å². The summed E-state index contributed by atoms with van der Waals surface area (Å²) in [6, 6.07) is -0.124. The van der Waals surface area contributed by atoms with Gasteiger partial charge in [0.05, 0.1) is 11.3 Å². The molecule has 0 aromatic carbocycles. The largest absolute Gasteiger partial charge is 0.481 e. The summed E-state index contributed by atoms with van der Waals surface area (Å²) < 4.78 is 0. The van der Waals surface area contributed by atoms with Crippen molar-refractivity contribution in [2.45, 2.75) is 52.5 Å². The van der Waals surface area contributed by atoms with Gasteiger partial charge in [-0.1, -0.05) is 20.3 Å². The van der Waals surface area contributed by atoms with Crippen LogP contribution in [0, 0.1) is 17.3 Å². The molecule has 1 fully saturated rings. The van der Waals surface area contributed by atoms with Gasteiger partial charge in [-0.25, -0.2) is 0 Å². The standard InChI is InChI=1S/C14H26N2O3/c1-9(2)7-10(12(17)18)8-16-13(19)14(3)6-4-5-11(14)15/h9-11H,4-8,15H2,1-3H3,(H,16,19)(H,17,18). The van der Waals surface area contributed by atoms with Crippen LogP contribution in [0.4, 0.5) is 0 Å². The molecule has 0 spiro atoms. The van der Waals surface area contributed by atoms with Crippen molar-refractivity contribution in [3.05, 3.63) is 0 Å². The van der Waals surface area contributed by atoms with Gasteiger partial charge in [-0.3, -0.25) is 9.59 Å². The molecule has 0 radical (unpaired) electrons. The van der Waals surface area contributed by atoms with Crippen molar-refractivity contribution < 1.29 is 14.7 Å². The summed E-state index contributed by atoms with van der Waals surface area (Å²) >= 11 is 0. The zero-order valence-electron chi connectivity index (χ0n) is 12.1. The molecule has 1 amide bonds. The third-order valence-corrected chi connectivity index (χ3v) is 4.16. The fraction of sp³-hybridized carbons (Fsp3) is 0.857. The average molecular weight is 270 g/mol. The van der Waals surface area contributed by atoms with Gasteiger partial charge >= 0.3 is 5.97 Å². The molecule has 5 nitrogen and oxygen atoms in total. The molecule has 3 unspecified atom stereocenters. The van der Waals surface area contributed by atoms with Gasteiger partial charge in [0.1, 0.15) is 0 Å². The monoisotopic (exact) mass is 270 g/mol. The minimum Gasteiger partial charge on any atom is -0.481 e. The van der Waals surface area contributed by atoms with Crippen molar-refractivity contribution in [2.24, 2.45) is 23.0 Å². The van der Waals surface area contributed by atoms with Gasteiger partial charge in [0.25, 0.3) is 0 Å². The first kappa shape index (κ1) is 16.0. The highest BCUT2D eigenvalue weighted by atomic mass is 16.4. The Balaban J connectivity index is 2.54. The second-order valence-electron chi connectivity index (χ2n) is 6.29. The summed E-state index contributed by atoms with van der Waals surface area (Å²) in [4.78, 5) is 23.3. The second-order valence-corrected chi connectivity index (χ2v) is 6.29. The van der Waals surface area contributed by atoms with E-state index in [2.05, 4.69) is 5.32 Å². The zero-order valence-corrected chi connectivity index (χ0v) is 12.1. The third kappa shape index (κ3) is 3.93. The van der Waals surface area contributed by atoms with Gasteiger partial charge in [0, 0.05) is 12.6 Å². The highest BCUT2D eigenvalue weighted by Crippen LogP contribution is 2.36.